The molecule has 0 nitrogen and oxygen atoms in total. The van der Waals surface area contributed by atoms with Crippen molar-refractivity contribution in [1.29, 1.82) is 0 Å². The van der Waals surface area contributed by atoms with Gasteiger partial charge in [0.15, 0.2) is 0 Å². The molecule has 0 aliphatic heterocycles. The zero-order valence-electron chi connectivity index (χ0n) is 11.8. The van der Waals surface area contributed by atoms with Crippen LogP contribution in [0.3, 0.4) is 0 Å². The zero-order valence-corrected chi connectivity index (χ0v) is 12.6. The summed E-state index contributed by atoms with van der Waals surface area (Å²) in [6.07, 6.45) is 10.8. The average Bonchev–Trinajstić information content (AvgIpc) is 2.79. The van der Waals surface area contributed by atoms with E-state index in [1.54, 1.807) is 9.75 Å². The van der Waals surface area contributed by atoms with Gasteiger partial charge in [-0.3, -0.25) is 0 Å². The van der Waals surface area contributed by atoms with E-state index >= 15 is 0 Å². The van der Waals surface area contributed by atoms with Crippen molar-refractivity contribution < 1.29 is 0 Å². The monoisotopic (exact) mass is 252 g/mol. The van der Waals surface area contributed by atoms with Crippen LogP contribution in [-0.2, 0) is 12.8 Å². The molecule has 0 saturated heterocycles. The second-order valence-electron chi connectivity index (χ2n) is 5.23. The molecule has 1 unspecified atom stereocenters. The Balaban J connectivity index is 2.22. The first-order valence-corrected chi connectivity index (χ1v) is 8.15. The molecule has 1 atom stereocenters. The lowest BCUT2D eigenvalue weighted by atomic mass is 10.0. The minimum absolute atomic E-state index is 0.880. The van der Waals surface area contributed by atoms with Crippen molar-refractivity contribution in [3.63, 3.8) is 0 Å². The van der Waals surface area contributed by atoms with Crippen LogP contribution in [0, 0.1) is 5.92 Å². The third-order valence-electron chi connectivity index (χ3n) is 3.57. The van der Waals surface area contributed by atoms with Crippen LogP contribution in [0.1, 0.15) is 69.1 Å². The average molecular weight is 252 g/mol. The molecule has 0 bridgehead atoms. The molecule has 0 N–H and O–H groups in total. The molecule has 1 aromatic heterocycles. The minimum Gasteiger partial charge on any atom is -0.145 e. The fourth-order valence-corrected chi connectivity index (χ4v) is 3.09. The predicted octanol–water partition coefficient (Wildman–Crippen LogP) is 5.85. The highest BCUT2D eigenvalue weighted by molar-refractivity contribution is 7.11. The largest absolute Gasteiger partial charge is 0.145 e. The topological polar surface area (TPSA) is 0 Å². The fourth-order valence-electron chi connectivity index (χ4n) is 2.01. The summed E-state index contributed by atoms with van der Waals surface area (Å²) in [6.45, 7) is 6.93. The number of hydrogen-bond acceptors (Lipinski definition) is 1. The zero-order chi connectivity index (χ0) is 12.5. The van der Waals surface area contributed by atoms with Crippen molar-refractivity contribution in [2.24, 2.45) is 5.92 Å². The van der Waals surface area contributed by atoms with Crippen molar-refractivity contribution in [3.05, 3.63) is 21.9 Å². The third-order valence-corrected chi connectivity index (χ3v) is 4.78. The van der Waals surface area contributed by atoms with Gasteiger partial charge in [0.2, 0.25) is 0 Å². The number of rotatable bonds is 9. The standard InChI is InChI=1S/C16H28S/c1-4-6-7-8-9-15-12-13-16(17-15)11-10-14(3)5-2/h12-14H,4-11H2,1-3H3. The van der Waals surface area contributed by atoms with Crippen molar-refractivity contribution in [2.75, 3.05) is 0 Å². The van der Waals surface area contributed by atoms with Crippen LogP contribution in [0.25, 0.3) is 0 Å². The van der Waals surface area contributed by atoms with Crippen molar-refractivity contribution >= 4 is 11.3 Å². The molecule has 98 valence electrons. The normalized spacial score (nSPS) is 12.9. The van der Waals surface area contributed by atoms with E-state index in [1.165, 1.54) is 51.4 Å². The van der Waals surface area contributed by atoms with E-state index in [-0.39, 0.29) is 0 Å². The van der Waals surface area contributed by atoms with Gasteiger partial charge < -0.3 is 0 Å². The number of aryl methyl sites for hydroxylation is 2. The van der Waals surface area contributed by atoms with Gasteiger partial charge in [0, 0.05) is 9.75 Å². The molecule has 0 aliphatic carbocycles. The van der Waals surface area contributed by atoms with Gasteiger partial charge in [0.05, 0.1) is 0 Å². The highest BCUT2D eigenvalue weighted by atomic mass is 32.1. The lowest BCUT2D eigenvalue weighted by molar-refractivity contribution is 0.518. The van der Waals surface area contributed by atoms with Crippen LogP contribution in [0.5, 0.6) is 0 Å². The van der Waals surface area contributed by atoms with E-state index in [2.05, 4.69) is 32.9 Å². The highest BCUT2D eigenvalue weighted by Crippen LogP contribution is 2.22. The van der Waals surface area contributed by atoms with Gasteiger partial charge in [-0.2, -0.15) is 0 Å². The summed E-state index contributed by atoms with van der Waals surface area (Å²) < 4.78 is 0. The fraction of sp³-hybridized carbons (Fsp3) is 0.750. The van der Waals surface area contributed by atoms with E-state index in [0.717, 1.165) is 5.92 Å². The summed E-state index contributed by atoms with van der Waals surface area (Å²) in [4.78, 5) is 3.19. The van der Waals surface area contributed by atoms with Gasteiger partial charge in [-0.25, -0.2) is 0 Å². The summed E-state index contributed by atoms with van der Waals surface area (Å²) >= 11 is 2.04. The Hall–Kier alpha value is -0.300. The first-order chi connectivity index (χ1) is 8.26. The molecule has 0 fully saturated rings. The van der Waals surface area contributed by atoms with Crippen LogP contribution in [0.15, 0.2) is 12.1 Å². The van der Waals surface area contributed by atoms with Crippen LogP contribution < -0.4 is 0 Å². The molecule has 0 amide bonds. The summed E-state index contributed by atoms with van der Waals surface area (Å²) in [7, 11) is 0. The van der Waals surface area contributed by atoms with E-state index in [0.29, 0.717) is 0 Å². The second kappa shape index (κ2) is 8.74. The van der Waals surface area contributed by atoms with Gasteiger partial charge in [-0.15, -0.1) is 11.3 Å². The second-order valence-corrected chi connectivity index (χ2v) is 6.48. The molecule has 0 radical (unpaired) electrons. The van der Waals surface area contributed by atoms with Crippen LogP contribution in [0.2, 0.25) is 0 Å². The molecule has 0 saturated carbocycles. The molecule has 1 aromatic rings. The minimum atomic E-state index is 0.880. The summed E-state index contributed by atoms with van der Waals surface area (Å²) in [6, 6.07) is 4.70. The van der Waals surface area contributed by atoms with Crippen molar-refractivity contribution in [1.82, 2.24) is 0 Å². The summed E-state index contributed by atoms with van der Waals surface area (Å²) in [5.41, 5.74) is 0. The van der Waals surface area contributed by atoms with Gasteiger partial charge in [0.25, 0.3) is 0 Å². The first kappa shape index (κ1) is 14.8. The third kappa shape index (κ3) is 6.26. The maximum Gasteiger partial charge on any atom is 0.00482 e. The van der Waals surface area contributed by atoms with Crippen molar-refractivity contribution in [2.45, 2.75) is 72.1 Å². The Kier molecular flexibility index (Phi) is 7.59. The van der Waals surface area contributed by atoms with E-state index in [9.17, 15) is 0 Å². The molecular formula is C16H28S. The molecule has 17 heavy (non-hydrogen) atoms. The van der Waals surface area contributed by atoms with E-state index in [1.807, 2.05) is 11.3 Å². The van der Waals surface area contributed by atoms with Crippen molar-refractivity contribution in [3.8, 4) is 0 Å². The van der Waals surface area contributed by atoms with Gasteiger partial charge >= 0.3 is 0 Å². The number of unbranched alkanes of at least 4 members (excludes halogenated alkanes) is 3. The Labute approximate surface area is 111 Å². The van der Waals surface area contributed by atoms with Crippen LogP contribution in [0.4, 0.5) is 0 Å². The quantitative estimate of drug-likeness (QED) is 0.484. The molecular weight excluding hydrogens is 224 g/mol. The molecule has 1 heteroatoms. The smallest absolute Gasteiger partial charge is 0.00482 e. The molecule has 0 spiro atoms. The highest BCUT2D eigenvalue weighted by Gasteiger charge is 2.03. The molecule has 1 rings (SSSR count). The Morgan fingerprint density at radius 3 is 2.35 bits per heavy atom. The first-order valence-electron chi connectivity index (χ1n) is 7.33. The van der Waals surface area contributed by atoms with Crippen LogP contribution >= 0.6 is 11.3 Å². The lowest BCUT2D eigenvalue weighted by Gasteiger charge is -2.05. The van der Waals surface area contributed by atoms with Crippen LogP contribution in [-0.4, -0.2) is 0 Å². The number of thiophene rings is 1. The molecule has 1 heterocycles. The maximum absolute atomic E-state index is 2.36. The van der Waals surface area contributed by atoms with Gasteiger partial charge in [0.1, 0.15) is 0 Å². The van der Waals surface area contributed by atoms with E-state index in [4.69, 9.17) is 0 Å². The lowest BCUT2D eigenvalue weighted by Crippen LogP contribution is -1.93. The predicted molar refractivity (Wildman–Crippen MR) is 79.9 cm³/mol. The number of hydrogen-bond donors (Lipinski definition) is 0. The summed E-state index contributed by atoms with van der Waals surface area (Å²) in [5, 5.41) is 0. The molecule has 0 aliphatic rings. The SMILES string of the molecule is CCCCCCc1ccc(CCC(C)CC)s1. The Bertz CT molecular complexity index is 287. The van der Waals surface area contributed by atoms with Gasteiger partial charge in [-0.05, 0) is 43.7 Å². The maximum atomic E-state index is 2.36. The molecule has 0 aromatic carbocycles. The summed E-state index contributed by atoms with van der Waals surface area (Å²) in [5.74, 6) is 0.880. The van der Waals surface area contributed by atoms with E-state index < -0.39 is 0 Å². The van der Waals surface area contributed by atoms with Gasteiger partial charge in [-0.1, -0.05) is 46.5 Å². The Morgan fingerprint density at radius 2 is 1.71 bits per heavy atom. The Morgan fingerprint density at radius 1 is 1.00 bits per heavy atom.